The molecule has 1 N–H and O–H groups in total. The zero-order valence-electron chi connectivity index (χ0n) is 10.2. The van der Waals surface area contributed by atoms with Gasteiger partial charge in [0.2, 0.25) is 0 Å². The van der Waals surface area contributed by atoms with Crippen LogP contribution in [0.2, 0.25) is 0 Å². The highest BCUT2D eigenvalue weighted by molar-refractivity contribution is 4.87. The lowest BCUT2D eigenvalue weighted by atomic mass is 10.1. The third kappa shape index (κ3) is 2.80. The number of rotatable bonds is 4. The van der Waals surface area contributed by atoms with E-state index in [4.69, 9.17) is 0 Å². The molecule has 2 heterocycles. The average molecular weight is 223 g/mol. The molecule has 0 amide bonds. The number of hydrogen-bond donors (Lipinski definition) is 1. The lowest BCUT2D eigenvalue weighted by molar-refractivity contribution is 0.181. The van der Waals surface area contributed by atoms with Crippen LogP contribution in [0.4, 0.5) is 0 Å². The van der Waals surface area contributed by atoms with Gasteiger partial charge in [-0.25, -0.2) is 4.98 Å². The Hall–Kier alpha value is -0.940. The summed E-state index contributed by atoms with van der Waals surface area (Å²) in [6, 6.07) is 0.645. The van der Waals surface area contributed by atoms with Gasteiger partial charge >= 0.3 is 0 Å². The smallest absolute Gasteiger partial charge is 0.140 e. The average Bonchev–Trinajstić information content (AvgIpc) is 2.66. The number of hydrogen-bond acceptors (Lipinski definition) is 4. The molecule has 1 atom stereocenters. The Kier molecular flexibility index (Phi) is 3.90. The van der Waals surface area contributed by atoms with Gasteiger partial charge in [-0.2, -0.15) is 5.10 Å². The van der Waals surface area contributed by atoms with Gasteiger partial charge in [-0.15, -0.1) is 0 Å². The van der Waals surface area contributed by atoms with E-state index >= 15 is 0 Å². The maximum Gasteiger partial charge on any atom is 0.140 e. The van der Waals surface area contributed by atoms with Gasteiger partial charge in [0.05, 0.1) is 6.54 Å². The van der Waals surface area contributed by atoms with Crippen molar-refractivity contribution in [3.05, 3.63) is 12.2 Å². The van der Waals surface area contributed by atoms with Crippen molar-refractivity contribution < 1.29 is 0 Å². The molecule has 0 aliphatic carbocycles. The van der Waals surface area contributed by atoms with E-state index < -0.39 is 0 Å². The molecular formula is C11H21N5. The summed E-state index contributed by atoms with van der Waals surface area (Å²) in [5, 5.41) is 7.66. The first kappa shape index (κ1) is 11.5. The Morgan fingerprint density at radius 2 is 2.44 bits per heavy atom. The Morgan fingerprint density at radius 1 is 1.56 bits per heavy atom. The van der Waals surface area contributed by atoms with Crippen LogP contribution >= 0.6 is 0 Å². The summed E-state index contributed by atoms with van der Waals surface area (Å²) in [6.07, 6.45) is 4.13. The molecule has 1 aliphatic rings. The van der Waals surface area contributed by atoms with E-state index in [1.54, 1.807) is 6.33 Å². The molecule has 1 fully saturated rings. The number of nitrogens with one attached hydrogen (secondary N) is 1. The van der Waals surface area contributed by atoms with Crippen LogP contribution in [0.5, 0.6) is 0 Å². The first-order valence-electron chi connectivity index (χ1n) is 6.08. The minimum Gasteiger partial charge on any atom is -0.311 e. The van der Waals surface area contributed by atoms with Crippen LogP contribution in [0.25, 0.3) is 0 Å². The van der Waals surface area contributed by atoms with E-state index in [1.165, 1.54) is 12.8 Å². The molecule has 1 aliphatic heterocycles. The molecule has 1 aromatic heterocycles. The van der Waals surface area contributed by atoms with Crippen LogP contribution in [-0.4, -0.2) is 45.3 Å². The second-order valence-corrected chi connectivity index (χ2v) is 4.47. The van der Waals surface area contributed by atoms with Crippen molar-refractivity contribution in [2.24, 2.45) is 7.05 Å². The van der Waals surface area contributed by atoms with Crippen LogP contribution in [0, 0.1) is 0 Å². The molecule has 0 saturated carbocycles. The third-order valence-corrected chi connectivity index (χ3v) is 3.15. The first-order chi connectivity index (χ1) is 7.79. The Morgan fingerprint density at radius 3 is 3.12 bits per heavy atom. The monoisotopic (exact) mass is 223 g/mol. The number of piperazine rings is 1. The predicted octanol–water partition coefficient (Wildman–Crippen LogP) is 0.389. The normalized spacial score (nSPS) is 22.5. The molecule has 16 heavy (non-hydrogen) atoms. The fraction of sp³-hybridized carbons (Fsp3) is 0.818. The van der Waals surface area contributed by atoms with Crippen molar-refractivity contribution >= 4 is 0 Å². The molecule has 5 heteroatoms. The molecule has 1 unspecified atom stereocenters. The zero-order chi connectivity index (χ0) is 11.4. The highest BCUT2D eigenvalue weighted by Crippen LogP contribution is 2.07. The summed E-state index contributed by atoms with van der Waals surface area (Å²) in [6.45, 7) is 6.47. The van der Waals surface area contributed by atoms with Crippen molar-refractivity contribution in [1.29, 1.82) is 0 Å². The summed E-state index contributed by atoms with van der Waals surface area (Å²) in [4.78, 5) is 6.73. The van der Waals surface area contributed by atoms with Crippen molar-refractivity contribution in [3.8, 4) is 0 Å². The molecule has 1 aromatic rings. The van der Waals surface area contributed by atoms with E-state index in [1.807, 2.05) is 11.7 Å². The second kappa shape index (κ2) is 5.41. The molecule has 0 radical (unpaired) electrons. The maximum absolute atomic E-state index is 4.27. The van der Waals surface area contributed by atoms with E-state index in [-0.39, 0.29) is 0 Å². The van der Waals surface area contributed by atoms with E-state index in [2.05, 4.69) is 27.2 Å². The SMILES string of the molecule is CCCC1CN(Cc2ncnn2C)CCN1. The van der Waals surface area contributed by atoms with Crippen LogP contribution in [0.15, 0.2) is 6.33 Å². The van der Waals surface area contributed by atoms with Crippen LogP contribution < -0.4 is 5.32 Å². The third-order valence-electron chi connectivity index (χ3n) is 3.15. The summed E-state index contributed by atoms with van der Waals surface area (Å²) in [7, 11) is 1.95. The van der Waals surface area contributed by atoms with Crippen molar-refractivity contribution in [2.45, 2.75) is 32.4 Å². The Bertz CT molecular complexity index is 320. The van der Waals surface area contributed by atoms with Gasteiger partial charge in [-0.1, -0.05) is 13.3 Å². The summed E-state index contributed by atoms with van der Waals surface area (Å²) in [5.41, 5.74) is 0. The molecular weight excluding hydrogens is 202 g/mol. The molecule has 1 saturated heterocycles. The van der Waals surface area contributed by atoms with E-state index in [0.717, 1.165) is 32.0 Å². The first-order valence-corrected chi connectivity index (χ1v) is 6.08. The van der Waals surface area contributed by atoms with Crippen molar-refractivity contribution in [1.82, 2.24) is 25.0 Å². The molecule has 0 aromatic carbocycles. The van der Waals surface area contributed by atoms with Gasteiger partial charge in [0.15, 0.2) is 0 Å². The maximum atomic E-state index is 4.27. The highest BCUT2D eigenvalue weighted by atomic mass is 15.3. The van der Waals surface area contributed by atoms with Gasteiger partial charge in [-0.05, 0) is 6.42 Å². The largest absolute Gasteiger partial charge is 0.311 e. The Labute approximate surface area is 96.8 Å². The van der Waals surface area contributed by atoms with Crippen LogP contribution in [0.1, 0.15) is 25.6 Å². The van der Waals surface area contributed by atoms with Gasteiger partial charge in [-0.3, -0.25) is 9.58 Å². The summed E-state index contributed by atoms with van der Waals surface area (Å²) in [5.74, 6) is 1.05. The van der Waals surface area contributed by atoms with Crippen LogP contribution in [0.3, 0.4) is 0 Å². The van der Waals surface area contributed by atoms with Crippen molar-refractivity contribution in [3.63, 3.8) is 0 Å². The topological polar surface area (TPSA) is 46.0 Å². The molecule has 2 rings (SSSR count). The fourth-order valence-corrected chi connectivity index (χ4v) is 2.24. The second-order valence-electron chi connectivity index (χ2n) is 4.47. The molecule has 5 nitrogen and oxygen atoms in total. The predicted molar refractivity (Wildman–Crippen MR) is 63.0 cm³/mol. The van der Waals surface area contributed by atoms with Gasteiger partial charge in [0.25, 0.3) is 0 Å². The van der Waals surface area contributed by atoms with E-state index in [9.17, 15) is 0 Å². The minimum atomic E-state index is 0.645. The van der Waals surface area contributed by atoms with Crippen molar-refractivity contribution in [2.75, 3.05) is 19.6 Å². The fourth-order valence-electron chi connectivity index (χ4n) is 2.24. The number of aromatic nitrogens is 3. The van der Waals surface area contributed by atoms with E-state index in [0.29, 0.717) is 6.04 Å². The lowest BCUT2D eigenvalue weighted by Gasteiger charge is -2.33. The minimum absolute atomic E-state index is 0.645. The van der Waals surface area contributed by atoms with Crippen LogP contribution in [-0.2, 0) is 13.6 Å². The lowest BCUT2D eigenvalue weighted by Crippen LogP contribution is -2.50. The quantitative estimate of drug-likeness (QED) is 0.802. The summed E-state index contributed by atoms with van der Waals surface area (Å²) < 4.78 is 1.86. The summed E-state index contributed by atoms with van der Waals surface area (Å²) >= 11 is 0. The van der Waals surface area contributed by atoms with Gasteiger partial charge in [0, 0.05) is 32.7 Å². The number of nitrogens with zero attached hydrogens (tertiary/aromatic N) is 4. The highest BCUT2D eigenvalue weighted by Gasteiger charge is 2.19. The zero-order valence-corrected chi connectivity index (χ0v) is 10.2. The molecule has 0 spiro atoms. The molecule has 0 bridgehead atoms. The number of aryl methyl sites for hydroxylation is 1. The van der Waals surface area contributed by atoms with Gasteiger partial charge in [0.1, 0.15) is 12.2 Å². The standard InChI is InChI=1S/C11H21N5/c1-3-4-10-7-16(6-5-12-10)8-11-13-9-14-15(11)2/h9-10,12H,3-8H2,1-2H3. The molecule has 90 valence electrons. The Balaban J connectivity index is 1.88. The van der Waals surface area contributed by atoms with Gasteiger partial charge < -0.3 is 5.32 Å².